The number of carbonyl (C=O) groups excluding carboxylic acids is 2. The van der Waals surface area contributed by atoms with Crippen LogP contribution in [0.5, 0.6) is 5.75 Å². The molecule has 1 aliphatic rings. The number of hydrogen-bond donors (Lipinski definition) is 0. The highest BCUT2D eigenvalue weighted by Gasteiger charge is 2.35. The lowest BCUT2D eigenvalue weighted by Crippen LogP contribution is -2.32. The molecular formula is C29H26N6O5S2. The third kappa shape index (κ3) is 6.37. The minimum absolute atomic E-state index is 0.0827. The second-order valence-electron chi connectivity index (χ2n) is 9.67. The molecule has 0 N–H and O–H groups in total. The van der Waals surface area contributed by atoms with Gasteiger partial charge in [0.1, 0.15) is 12.4 Å². The van der Waals surface area contributed by atoms with Crippen LogP contribution in [0.25, 0.3) is 11.8 Å². The average molecular weight is 603 g/mol. The first-order valence-electron chi connectivity index (χ1n) is 13.0. The van der Waals surface area contributed by atoms with Crippen LogP contribution in [0.15, 0.2) is 81.7 Å². The second kappa shape index (κ2) is 12.6. The summed E-state index contributed by atoms with van der Waals surface area (Å²) in [5.74, 6) is 0.522. The second-order valence-corrected chi connectivity index (χ2v) is 11.7. The summed E-state index contributed by atoms with van der Waals surface area (Å²) in [5.41, 5.74) is 3.05. The van der Waals surface area contributed by atoms with Gasteiger partial charge in [-0.2, -0.15) is 4.68 Å². The Morgan fingerprint density at radius 2 is 1.88 bits per heavy atom. The van der Waals surface area contributed by atoms with Crippen LogP contribution in [0.4, 0.5) is 10.5 Å². The van der Waals surface area contributed by atoms with Crippen LogP contribution in [0.2, 0.25) is 0 Å². The number of aromatic nitrogens is 4. The predicted molar refractivity (Wildman–Crippen MR) is 160 cm³/mol. The Hall–Kier alpha value is -4.49. The molecule has 1 fully saturated rings. The maximum Gasteiger partial charge on any atom is 0.293 e. The third-order valence-corrected chi connectivity index (χ3v) is 8.27. The standard InChI is InChI=1S/C29H26N6O5S2/c1-18(2)22-11-9-19(3)15-24(22)40-14-13-33-27(36)26(42-29(33)37)17-20-10-12-25(23(16-20)35(38)39)41-28-30-31-32-34(28)21-7-5-4-6-8-21/h4-12,15-18H,13-14H2,1-3H3/b26-17-. The Balaban J connectivity index is 1.30. The minimum Gasteiger partial charge on any atom is -0.491 e. The zero-order valence-electron chi connectivity index (χ0n) is 23.0. The lowest BCUT2D eigenvalue weighted by atomic mass is 10.0. The summed E-state index contributed by atoms with van der Waals surface area (Å²) in [4.78, 5) is 38.8. The number of aryl methyl sites for hydroxylation is 1. The van der Waals surface area contributed by atoms with Gasteiger partial charge in [0.05, 0.1) is 27.0 Å². The van der Waals surface area contributed by atoms with Crippen molar-refractivity contribution in [1.29, 1.82) is 0 Å². The molecule has 42 heavy (non-hydrogen) atoms. The van der Waals surface area contributed by atoms with Crippen LogP contribution < -0.4 is 4.74 Å². The number of carbonyl (C=O) groups is 2. The zero-order valence-corrected chi connectivity index (χ0v) is 24.6. The van der Waals surface area contributed by atoms with E-state index in [0.717, 1.165) is 45.3 Å². The van der Waals surface area contributed by atoms with Gasteiger partial charge in [-0.3, -0.25) is 24.6 Å². The van der Waals surface area contributed by atoms with Crippen molar-refractivity contribution in [1.82, 2.24) is 25.1 Å². The zero-order chi connectivity index (χ0) is 29.8. The molecule has 2 heterocycles. The number of hydrogen-bond acceptors (Lipinski definition) is 10. The molecular weight excluding hydrogens is 576 g/mol. The van der Waals surface area contributed by atoms with Crippen LogP contribution in [-0.4, -0.2) is 54.3 Å². The highest BCUT2D eigenvalue weighted by atomic mass is 32.2. The summed E-state index contributed by atoms with van der Waals surface area (Å²) in [5, 5.41) is 23.6. The van der Waals surface area contributed by atoms with Crippen molar-refractivity contribution in [2.24, 2.45) is 0 Å². The van der Waals surface area contributed by atoms with Gasteiger partial charge in [0, 0.05) is 6.07 Å². The Morgan fingerprint density at radius 1 is 1.10 bits per heavy atom. The van der Waals surface area contributed by atoms with Crippen LogP contribution in [0.1, 0.15) is 36.5 Å². The quantitative estimate of drug-likeness (QED) is 0.116. The Bertz CT molecular complexity index is 1690. The molecule has 4 aromatic rings. The van der Waals surface area contributed by atoms with Crippen LogP contribution in [-0.2, 0) is 4.79 Å². The lowest BCUT2D eigenvalue weighted by molar-refractivity contribution is -0.387. The van der Waals surface area contributed by atoms with E-state index in [1.807, 2.05) is 55.5 Å². The molecule has 13 heteroatoms. The molecule has 0 saturated carbocycles. The molecule has 1 saturated heterocycles. The van der Waals surface area contributed by atoms with Crippen molar-refractivity contribution in [2.75, 3.05) is 13.2 Å². The van der Waals surface area contributed by atoms with Gasteiger partial charge in [-0.1, -0.05) is 50.2 Å². The van der Waals surface area contributed by atoms with Crippen LogP contribution in [0.3, 0.4) is 0 Å². The van der Waals surface area contributed by atoms with Crippen molar-refractivity contribution in [3.63, 3.8) is 0 Å². The van der Waals surface area contributed by atoms with Gasteiger partial charge in [0.15, 0.2) is 0 Å². The van der Waals surface area contributed by atoms with E-state index in [2.05, 4.69) is 29.4 Å². The number of nitro groups is 1. The largest absolute Gasteiger partial charge is 0.491 e. The van der Waals surface area contributed by atoms with Gasteiger partial charge in [0.2, 0.25) is 5.16 Å². The maximum absolute atomic E-state index is 13.1. The highest BCUT2D eigenvalue weighted by molar-refractivity contribution is 8.18. The van der Waals surface area contributed by atoms with E-state index in [1.54, 1.807) is 12.1 Å². The highest BCUT2D eigenvalue weighted by Crippen LogP contribution is 2.37. The summed E-state index contributed by atoms with van der Waals surface area (Å²) < 4.78 is 7.45. The van der Waals surface area contributed by atoms with E-state index in [0.29, 0.717) is 21.3 Å². The molecule has 0 bridgehead atoms. The van der Waals surface area contributed by atoms with Crippen molar-refractivity contribution < 1.29 is 19.2 Å². The molecule has 0 atom stereocenters. The van der Waals surface area contributed by atoms with E-state index in [4.69, 9.17) is 4.74 Å². The van der Waals surface area contributed by atoms with Gasteiger partial charge in [0.25, 0.3) is 16.8 Å². The molecule has 2 amide bonds. The van der Waals surface area contributed by atoms with Crippen LogP contribution >= 0.6 is 23.5 Å². The van der Waals surface area contributed by atoms with Crippen molar-refractivity contribution in [3.8, 4) is 11.4 Å². The van der Waals surface area contributed by atoms with E-state index in [-0.39, 0.29) is 29.7 Å². The molecule has 5 rings (SSSR count). The number of amides is 2. The Labute approximate surface area is 250 Å². The van der Waals surface area contributed by atoms with Crippen molar-refractivity contribution in [2.45, 2.75) is 36.7 Å². The Kier molecular flexibility index (Phi) is 8.69. The summed E-state index contributed by atoms with van der Waals surface area (Å²) >= 11 is 1.84. The lowest BCUT2D eigenvalue weighted by Gasteiger charge is -2.17. The SMILES string of the molecule is Cc1ccc(C(C)C)c(OCCN2C(=O)S/C(=C\c3ccc(Sc4nnnn4-c4ccccc4)c([N+](=O)[O-])c3)C2=O)c1. The van der Waals surface area contributed by atoms with E-state index in [1.165, 1.54) is 16.8 Å². The molecule has 1 aromatic heterocycles. The minimum atomic E-state index is -0.504. The number of rotatable bonds is 10. The Morgan fingerprint density at radius 3 is 2.62 bits per heavy atom. The van der Waals surface area contributed by atoms with E-state index >= 15 is 0 Å². The molecule has 214 valence electrons. The smallest absolute Gasteiger partial charge is 0.293 e. The third-order valence-electron chi connectivity index (χ3n) is 6.36. The molecule has 0 unspecified atom stereocenters. The first-order valence-corrected chi connectivity index (χ1v) is 14.6. The van der Waals surface area contributed by atoms with Gasteiger partial charge < -0.3 is 4.74 Å². The normalized spacial score (nSPS) is 14.3. The molecule has 0 spiro atoms. The summed E-state index contributed by atoms with van der Waals surface area (Å²) in [6.07, 6.45) is 1.48. The molecule has 11 nitrogen and oxygen atoms in total. The fraction of sp³-hybridized carbons (Fsp3) is 0.207. The number of thioether (sulfide) groups is 1. The topological polar surface area (TPSA) is 133 Å². The van der Waals surface area contributed by atoms with E-state index in [9.17, 15) is 19.7 Å². The fourth-order valence-corrected chi connectivity index (χ4v) is 6.00. The van der Waals surface area contributed by atoms with Crippen LogP contribution in [0, 0.1) is 17.0 Å². The van der Waals surface area contributed by atoms with Gasteiger partial charge in [-0.15, -0.1) is 5.10 Å². The average Bonchev–Trinajstić information content (AvgIpc) is 3.53. The number of para-hydroxylation sites is 1. The van der Waals surface area contributed by atoms with Crippen molar-refractivity contribution >= 4 is 46.4 Å². The number of nitro benzene ring substituents is 1. The molecule has 0 radical (unpaired) electrons. The van der Waals surface area contributed by atoms with Gasteiger partial charge in [-0.05, 0) is 93.8 Å². The number of tetrazole rings is 1. The predicted octanol–water partition coefficient (Wildman–Crippen LogP) is 6.27. The number of imide groups is 1. The first kappa shape index (κ1) is 29.0. The summed E-state index contributed by atoms with van der Waals surface area (Å²) in [6, 6.07) is 19.7. The summed E-state index contributed by atoms with van der Waals surface area (Å²) in [6.45, 7) is 6.35. The number of benzene rings is 3. The molecule has 1 aliphatic heterocycles. The number of ether oxygens (including phenoxy) is 1. The molecule has 0 aliphatic carbocycles. The summed E-state index contributed by atoms with van der Waals surface area (Å²) in [7, 11) is 0. The van der Waals surface area contributed by atoms with Gasteiger partial charge >= 0.3 is 0 Å². The van der Waals surface area contributed by atoms with Crippen molar-refractivity contribution in [3.05, 3.63) is 98.4 Å². The first-order chi connectivity index (χ1) is 20.2. The van der Waals surface area contributed by atoms with Gasteiger partial charge in [-0.25, -0.2) is 0 Å². The fourth-order valence-electron chi connectivity index (χ4n) is 4.26. The number of nitrogens with zero attached hydrogens (tertiary/aromatic N) is 6. The maximum atomic E-state index is 13.1. The molecule has 3 aromatic carbocycles. The van der Waals surface area contributed by atoms with E-state index < -0.39 is 16.1 Å². The monoisotopic (exact) mass is 602 g/mol.